The van der Waals surface area contributed by atoms with Crippen LogP contribution in [0.2, 0.25) is 0 Å². The fraction of sp³-hybridized carbons (Fsp3) is 0.0889. The van der Waals surface area contributed by atoms with Crippen molar-refractivity contribution in [1.82, 2.24) is 4.98 Å². The van der Waals surface area contributed by atoms with Gasteiger partial charge in [-0.1, -0.05) is 140 Å². The Morgan fingerprint density at radius 3 is 1.89 bits per heavy atom. The molecule has 0 radical (unpaired) electrons. The molecule has 1 aromatic heterocycles. The van der Waals surface area contributed by atoms with Gasteiger partial charge < -0.3 is 9.84 Å². The zero-order valence-electron chi connectivity index (χ0n) is 28.2. The standard InChI is InChI=1S/C45H32F3NO4/c46-45(47,48)38-21-11-20-36-40(37(27-49-42(36)38)43(50)33-16-8-3-9-17-33)34-18-10-19-35(26-34)53-28-29-22-24-32(25-23-29)41(44(51)52)39(30-12-4-1-5-13-30)31-14-6-2-7-15-31/h1-27,39,41H,28H2,(H,51,52). The van der Waals surface area contributed by atoms with Gasteiger partial charge in [-0.2, -0.15) is 13.2 Å². The molecule has 262 valence electrons. The first-order valence-electron chi connectivity index (χ1n) is 16.9. The number of pyridine rings is 1. The van der Waals surface area contributed by atoms with Gasteiger partial charge in [-0.3, -0.25) is 14.6 Å². The molecule has 7 aromatic rings. The zero-order valence-corrected chi connectivity index (χ0v) is 28.2. The number of carbonyl (C=O) groups is 2. The van der Waals surface area contributed by atoms with Crippen LogP contribution < -0.4 is 4.74 Å². The molecule has 7 rings (SSSR count). The van der Waals surface area contributed by atoms with E-state index in [1.807, 2.05) is 72.8 Å². The number of halogens is 3. The largest absolute Gasteiger partial charge is 0.489 e. The van der Waals surface area contributed by atoms with E-state index >= 15 is 0 Å². The van der Waals surface area contributed by atoms with Crippen LogP contribution >= 0.6 is 0 Å². The maximum absolute atomic E-state index is 14.0. The first kappa shape index (κ1) is 34.9. The summed E-state index contributed by atoms with van der Waals surface area (Å²) in [5.41, 5.74) is 3.39. The molecule has 1 unspecified atom stereocenters. The van der Waals surface area contributed by atoms with E-state index in [0.717, 1.165) is 22.8 Å². The lowest BCUT2D eigenvalue weighted by atomic mass is 9.77. The van der Waals surface area contributed by atoms with E-state index in [-0.39, 0.29) is 28.9 Å². The third-order valence-corrected chi connectivity index (χ3v) is 9.27. The van der Waals surface area contributed by atoms with Gasteiger partial charge in [0.25, 0.3) is 0 Å². The highest BCUT2D eigenvalue weighted by Crippen LogP contribution is 2.41. The second-order valence-electron chi connectivity index (χ2n) is 12.6. The summed E-state index contributed by atoms with van der Waals surface area (Å²) >= 11 is 0. The molecule has 8 heteroatoms. The number of nitrogens with zero attached hydrogens (tertiary/aromatic N) is 1. The third-order valence-electron chi connectivity index (χ3n) is 9.27. The number of aliphatic carboxylic acids is 1. The van der Waals surface area contributed by atoms with Gasteiger partial charge in [0.15, 0.2) is 5.78 Å². The minimum absolute atomic E-state index is 0.132. The van der Waals surface area contributed by atoms with E-state index in [4.69, 9.17) is 4.74 Å². The van der Waals surface area contributed by atoms with E-state index in [0.29, 0.717) is 28.0 Å². The van der Waals surface area contributed by atoms with Crippen molar-refractivity contribution >= 4 is 22.7 Å². The molecule has 1 N–H and O–H groups in total. The van der Waals surface area contributed by atoms with Gasteiger partial charge in [-0.15, -0.1) is 0 Å². The normalized spacial score (nSPS) is 12.1. The smallest absolute Gasteiger partial charge is 0.418 e. The molecular formula is C45H32F3NO4. The summed E-state index contributed by atoms with van der Waals surface area (Å²) in [5, 5.41) is 10.7. The molecule has 1 heterocycles. The van der Waals surface area contributed by atoms with Crippen molar-refractivity contribution in [2.45, 2.75) is 24.6 Å². The molecular weight excluding hydrogens is 675 g/mol. The second-order valence-corrected chi connectivity index (χ2v) is 12.6. The fourth-order valence-electron chi connectivity index (χ4n) is 6.78. The summed E-state index contributed by atoms with van der Waals surface area (Å²) in [7, 11) is 0. The topological polar surface area (TPSA) is 76.5 Å². The lowest BCUT2D eigenvalue weighted by Gasteiger charge is -2.26. The quantitative estimate of drug-likeness (QED) is 0.135. The Hall–Kier alpha value is -6.54. The number of rotatable bonds is 11. The highest BCUT2D eigenvalue weighted by atomic mass is 19.4. The van der Waals surface area contributed by atoms with Gasteiger partial charge in [0.05, 0.1) is 17.0 Å². The van der Waals surface area contributed by atoms with Gasteiger partial charge in [-0.25, -0.2) is 0 Å². The first-order chi connectivity index (χ1) is 25.7. The molecule has 6 aromatic carbocycles. The number of hydrogen-bond donors (Lipinski definition) is 1. The SMILES string of the molecule is O=C(c1ccccc1)c1cnc2c(C(F)(F)F)cccc2c1-c1cccc(OCc2ccc(C(C(=O)O)C(c3ccccc3)c3ccccc3)cc2)c1. The van der Waals surface area contributed by atoms with Crippen LogP contribution in [0, 0.1) is 0 Å². The van der Waals surface area contributed by atoms with E-state index in [2.05, 4.69) is 4.98 Å². The predicted molar refractivity (Wildman–Crippen MR) is 198 cm³/mol. The lowest BCUT2D eigenvalue weighted by Crippen LogP contribution is -2.21. The predicted octanol–water partition coefficient (Wildman–Crippen LogP) is 10.7. The molecule has 53 heavy (non-hydrogen) atoms. The molecule has 0 saturated heterocycles. The average Bonchev–Trinajstić information content (AvgIpc) is 3.19. The van der Waals surface area contributed by atoms with Crippen molar-refractivity contribution in [3.63, 3.8) is 0 Å². The highest BCUT2D eigenvalue weighted by Gasteiger charge is 2.35. The number of carboxylic acid groups (broad SMARTS) is 1. The number of benzene rings is 6. The van der Waals surface area contributed by atoms with Crippen molar-refractivity contribution in [3.8, 4) is 16.9 Å². The first-order valence-corrected chi connectivity index (χ1v) is 16.9. The molecule has 0 bridgehead atoms. The minimum Gasteiger partial charge on any atom is -0.489 e. The second kappa shape index (κ2) is 15.0. The summed E-state index contributed by atoms with van der Waals surface area (Å²) < 4.78 is 48.3. The van der Waals surface area contributed by atoms with Crippen LogP contribution in [0.3, 0.4) is 0 Å². The number of hydrogen-bond acceptors (Lipinski definition) is 4. The summed E-state index contributed by atoms with van der Waals surface area (Å²) in [4.78, 5) is 30.7. The van der Waals surface area contributed by atoms with Crippen molar-refractivity contribution in [2.75, 3.05) is 0 Å². The molecule has 0 aliphatic carbocycles. The summed E-state index contributed by atoms with van der Waals surface area (Å²) in [6, 6.07) is 45.6. The Bertz CT molecular complexity index is 2340. The number of carboxylic acids is 1. The number of carbonyl (C=O) groups excluding carboxylic acids is 1. The van der Waals surface area contributed by atoms with Crippen LogP contribution in [0.5, 0.6) is 5.75 Å². The number of para-hydroxylation sites is 1. The highest BCUT2D eigenvalue weighted by molar-refractivity contribution is 6.16. The van der Waals surface area contributed by atoms with Gasteiger partial charge >= 0.3 is 12.1 Å². The van der Waals surface area contributed by atoms with Crippen LogP contribution in [0.25, 0.3) is 22.0 Å². The molecule has 0 saturated carbocycles. The Morgan fingerprint density at radius 1 is 0.679 bits per heavy atom. The maximum Gasteiger partial charge on any atom is 0.418 e. The molecule has 0 amide bonds. The van der Waals surface area contributed by atoms with Gasteiger partial charge in [0, 0.05) is 34.2 Å². The van der Waals surface area contributed by atoms with E-state index in [9.17, 15) is 27.9 Å². The molecule has 5 nitrogen and oxygen atoms in total. The Morgan fingerprint density at radius 2 is 1.28 bits per heavy atom. The Balaban J connectivity index is 1.19. The van der Waals surface area contributed by atoms with Crippen molar-refractivity contribution in [3.05, 3.63) is 203 Å². The van der Waals surface area contributed by atoms with Crippen LogP contribution in [-0.4, -0.2) is 21.8 Å². The van der Waals surface area contributed by atoms with Crippen molar-refractivity contribution in [1.29, 1.82) is 0 Å². The molecule has 1 atom stereocenters. The molecule has 0 aliphatic heterocycles. The van der Waals surface area contributed by atoms with E-state index in [1.54, 1.807) is 66.7 Å². The van der Waals surface area contributed by atoms with Crippen LogP contribution in [0.1, 0.15) is 55.6 Å². The Kier molecular flexibility index (Phi) is 9.86. The van der Waals surface area contributed by atoms with Gasteiger partial charge in [0.2, 0.25) is 0 Å². The number of aromatic nitrogens is 1. The number of ether oxygens (including phenoxy) is 1. The summed E-state index contributed by atoms with van der Waals surface area (Å²) in [6.07, 6.45) is -3.44. The summed E-state index contributed by atoms with van der Waals surface area (Å²) in [6.45, 7) is 0.132. The minimum atomic E-state index is -4.65. The van der Waals surface area contributed by atoms with Gasteiger partial charge in [-0.05, 0) is 46.0 Å². The van der Waals surface area contributed by atoms with Crippen LogP contribution in [-0.2, 0) is 17.6 Å². The maximum atomic E-state index is 14.0. The average molecular weight is 708 g/mol. The monoisotopic (exact) mass is 707 g/mol. The van der Waals surface area contributed by atoms with Crippen molar-refractivity contribution < 1.29 is 32.6 Å². The molecule has 0 fully saturated rings. The van der Waals surface area contributed by atoms with E-state index in [1.165, 1.54) is 18.3 Å². The van der Waals surface area contributed by atoms with Crippen LogP contribution in [0.15, 0.2) is 164 Å². The molecule has 0 spiro atoms. The Labute approximate surface area is 304 Å². The number of fused-ring (bicyclic) bond motifs is 1. The third kappa shape index (κ3) is 7.44. The summed E-state index contributed by atoms with van der Waals surface area (Å²) in [5.74, 6) is -2.17. The van der Waals surface area contributed by atoms with Crippen molar-refractivity contribution in [2.24, 2.45) is 0 Å². The van der Waals surface area contributed by atoms with E-state index < -0.39 is 29.5 Å². The molecule has 0 aliphatic rings. The fourth-order valence-corrected chi connectivity index (χ4v) is 6.78. The van der Waals surface area contributed by atoms with Crippen LogP contribution in [0.4, 0.5) is 13.2 Å². The lowest BCUT2D eigenvalue weighted by molar-refractivity contribution is -0.139. The number of alkyl halides is 3. The number of ketones is 1. The van der Waals surface area contributed by atoms with Gasteiger partial charge in [0.1, 0.15) is 12.4 Å². The zero-order chi connectivity index (χ0) is 37.0.